The molecule has 1 fully saturated rings. The third-order valence-corrected chi connectivity index (χ3v) is 5.60. The van der Waals surface area contributed by atoms with E-state index in [0.29, 0.717) is 29.4 Å². The summed E-state index contributed by atoms with van der Waals surface area (Å²) >= 11 is 0. The van der Waals surface area contributed by atoms with Crippen LogP contribution in [0.25, 0.3) is 6.08 Å². The van der Waals surface area contributed by atoms with Crippen LogP contribution in [-0.4, -0.2) is 31.6 Å². The summed E-state index contributed by atoms with van der Waals surface area (Å²) in [5.41, 5.74) is 2.82. The van der Waals surface area contributed by atoms with E-state index >= 15 is 0 Å². The van der Waals surface area contributed by atoms with Crippen molar-refractivity contribution in [3.05, 3.63) is 58.7 Å². The number of carbonyl (C=O) groups excluding carboxylic acids is 3. The topological polar surface area (TPSA) is 84.9 Å². The van der Waals surface area contributed by atoms with Gasteiger partial charge in [-0.3, -0.25) is 14.9 Å². The number of nitrogens with one attached hydrogen (secondary N) is 1. The molecule has 33 heavy (non-hydrogen) atoms. The number of urea groups is 1. The fourth-order valence-corrected chi connectivity index (χ4v) is 3.53. The largest absolute Gasteiger partial charge is 0.493 e. The van der Waals surface area contributed by atoms with Crippen molar-refractivity contribution in [2.75, 3.05) is 18.6 Å². The van der Waals surface area contributed by atoms with E-state index in [2.05, 4.69) is 12.2 Å². The molecule has 0 saturated carbocycles. The quantitative estimate of drug-likeness (QED) is 0.332. The lowest BCUT2D eigenvalue weighted by atomic mass is 10.0. The Morgan fingerprint density at radius 3 is 2.42 bits per heavy atom. The van der Waals surface area contributed by atoms with Crippen molar-refractivity contribution in [2.45, 2.75) is 46.5 Å². The SMILES string of the molecule is CCCCCCOc1ccc(/C=C2/C(=O)NC(=O)N(c3ccc(C)c(C)c3)C2=O)cc1OC. The molecule has 7 heteroatoms. The van der Waals surface area contributed by atoms with Crippen LogP contribution in [0.5, 0.6) is 11.5 Å². The third kappa shape index (κ3) is 5.61. The van der Waals surface area contributed by atoms with Crippen molar-refractivity contribution in [2.24, 2.45) is 0 Å². The molecule has 1 aliphatic heterocycles. The van der Waals surface area contributed by atoms with Crippen molar-refractivity contribution in [3.8, 4) is 11.5 Å². The summed E-state index contributed by atoms with van der Waals surface area (Å²) in [4.78, 5) is 39.0. The van der Waals surface area contributed by atoms with Gasteiger partial charge in [0.05, 0.1) is 19.4 Å². The molecule has 0 atom stereocenters. The molecule has 0 radical (unpaired) electrons. The maximum Gasteiger partial charge on any atom is 0.335 e. The van der Waals surface area contributed by atoms with Crippen molar-refractivity contribution in [3.63, 3.8) is 0 Å². The molecule has 1 aliphatic rings. The van der Waals surface area contributed by atoms with Crippen LogP contribution in [0.4, 0.5) is 10.5 Å². The molecule has 3 rings (SSSR count). The van der Waals surface area contributed by atoms with E-state index in [1.807, 2.05) is 19.9 Å². The smallest absolute Gasteiger partial charge is 0.335 e. The standard InChI is InChI=1S/C26H30N2O5/c1-5-6-7-8-13-33-22-12-10-19(16-23(22)32-4)15-21-24(29)27-26(31)28(25(21)30)20-11-9-17(2)18(3)14-20/h9-12,14-16H,5-8,13H2,1-4H3,(H,27,29,31)/b21-15-. The zero-order chi connectivity index (χ0) is 24.0. The predicted molar refractivity (Wildman–Crippen MR) is 128 cm³/mol. The van der Waals surface area contributed by atoms with Gasteiger partial charge >= 0.3 is 6.03 Å². The number of methoxy groups -OCH3 is 1. The zero-order valence-corrected chi connectivity index (χ0v) is 19.6. The summed E-state index contributed by atoms with van der Waals surface area (Å²) < 4.78 is 11.3. The fourth-order valence-electron chi connectivity index (χ4n) is 3.53. The lowest BCUT2D eigenvalue weighted by molar-refractivity contribution is -0.122. The molecule has 1 N–H and O–H groups in total. The molecule has 0 unspecified atom stereocenters. The Morgan fingerprint density at radius 1 is 0.939 bits per heavy atom. The highest BCUT2D eigenvalue weighted by Crippen LogP contribution is 2.30. The summed E-state index contributed by atoms with van der Waals surface area (Å²) in [6.07, 6.45) is 5.85. The van der Waals surface area contributed by atoms with E-state index in [1.165, 1.54) is 19.6 Å². The number of benzene rings is 2. The van der Waals surface area contributed by atoms with Gasteiger partial charge in [-0.2, -0.15) is 0 Å². The van der Waals surface area contributed by atoms with Gasteiger partial charge in [0.1, 0.15) is 5.57 Å². The Morgan fingerprint density at radius 2 is 1.73 bits per heavy atom. The first-order chi connectivity index (χ1) is 15.8. The molecule has 0 spiro atoms. The number of unbranched alkanes of at least 4 members (excludes halogenated alkanes) is 3. The van der Waals surface area contributed by atoms with Gasteiger partial charge in [-0.25, -0.2) is 9.69 Å². The molecular weight excluding hydrogens is 420 g/mol. The van der Waals surface area contributed by atoms with Crippen LogP contribution in [-0.2, 0) is 9.59 Å². The molecule has 0 aromatic heterocycles. The van der Waals surface area contributed by atoms with Gasteiger partial charge in [-0.05, 0) is 67.3 Å². The first-order valence-corrected chi connectivity index (χ1v) is 11.1. The van der Waals surface area contributed by atoms with Gasteiger partial charge in [0.25, 0.3) is 11.8 Å². The number of carbonyl (C=O) groups is 3. The summed E-state index contributed by atoms with van der Waals surface area (Å²) in [5.74, 6) is -0.310. The number of nitrogens with zero attached hydrogens (tertiary/aromatic N) is 1. The van der Waals surface area contributed by atoms with E-state index in [0.717, 1.165) is 35.3 Å². The minimum atomic E-state index is -0.769. The first kappa shape index (κ1) is 24.0. The molecule has 7 nitrogen and oxygen atoms in total. The van der Waals surface area contributed by atoms with Crippen LogP contribution in [0.1, 0.15) is 49.3 Å². The van der Waals surface area contributed by atoms with Gasteiger partial charge < -0.3 is 9.47 Å². The number of barbiturate groups is 1. The average molecular weight is 451 g/mol. The average Bonchev–Trinajstić information content (AvgIpc) is 2.79. The number of rotatable bonds is 9. The maximum absolute atomic E-state index is 13.1. The van der Waals surface area contributed by atoms with E-state index in [4.69, 9.17) is 9.47 Å². The lowest BCUT2D eigenvalue weighted by Crippen LogP contribution is -2.54. The van der Waals surface area contributed by atoms with Gasteiger partial charge in [0.15, 0.2) is 11.5 Å². The number of aryl methyl sites for hydroxylation is 2. The number of hydrogen-bond acceptors (Lipinski definition) is 5. The number of ether oxygens (including phenoxy) is 2. The van der Waals surface area contributed by atoms with Crippen LogP contribution >= 0.6 is 0 Å². The summed E-state index contributed by atoms with van der Waals surface area (Å²) in [6.45, 7) is 6.58. The monoisotopic (exact) mass is 450 g/mol. The summed E-state index contributed by atoms with van der Waals surface area (Å²) in [7, 11) is 1.54. The van der Waals surface area contributed by atoms with Gasteiger partial charge in [-0.1, -0.05) is 38.3 Å². The molecule has 1 heterocycles. The molecule has 1 saturated heterocycles. The minimum Gasteiger partial charge on any atom is -0.493 e. The number of imide groups is 2. The maximum atomic E-state index is 13.1. The van der Waals surface area contributed by atoms with Gasteiger partial charge in [-0.15, -0.1) is 0 Å². The Kier molecular flexibility index (Phi) is 7.87. The number of anilines is 1. The highest BCUT2D eigenvalue weighted by Gasteiger charge is 2.36. The highest BCUT2D eigenvalue weighted by molar-refractivity contribution is 6.39. The Balaban J connectivity index is 1.84. The van der Waals surface area contributed by atoms with Crippen LogP contribution in [0.3, 0.4) is 0 Å². The molecular formula is C26H30N2O5. The Labute approximate surface area is 194 Å². The predicted octanol–water partition coefficient (Wildman–Crippen LogP) is 4.94. The van der Waals surface area contributed by atoms with Crippen LogP contribution < -0.4 is 19.7 Å². The lowest BCUT2D eigenvalue weighted by Gasteiger charge is -2.26. The Hall–Kier alpha value is -3.61. The summed E-state index contributed by atoms with van der Waals surface area (Å²) in [6, 6.07) is 9.69. The third-order valence-electron chi connectivity index (χ3n) is 5.60. The van der Waals surface area contributed by atoms with Crippen molar-refractivity contribution in [1.82, 2.24) is 5.32 Å². The fraction of sp³-hybridized carbons (Fsp3) is 0.346. The molecule has 0 bridgehead atoms. The molecule has 4 amide bonds. The van der Waals surface area contributed by atoms with Crippen molar-refractivity contribution < 1.29 is 23.9 Å². The highest BCUT2D eigenvalue weighted by atomic mass is 16.5. The minimum absolute atomic E-state index is 0.136. The van der Waals surface area contributed by atoms with E-state index in [1.54, 1.807) is 30.3 Å². The number of hydrogen-bond donors (Lipinski definition) is 1. The molecule has 2 aromatic rings. The zero-order valence-electron chi connectivity index (χ0n) is 19.6. The second-order valence-electron chi connectivity index (χ2n) is 8.05. The molecule has 2 aromatic carbocycles. The first-order valence-electron chi connectivity index (χ1n) is 11.1. The van der Waals surface area contributed by atoms with E-state index in [-0.39, 0.29) is 5.57 Å². The van der Waals surface area contributed by atoms with Gasteiger partial charge in [0, 0.05) is 0 Å². The van der Waals surface area contributed by atoms with Crippen molar-refractivity contribution in [1.29, 1.82) is 0 Å². The Bertz CT molecular complexity index is 1090. The van der Waals surface area contributed by atoms with Crippen LogP contribution in [0.2, 0.25) is 0 Å². The van der Waals surface area contributed by atoms with Crippen molar-refractivity contribution >= 4 is 29.6 Å². The molecule has 0 aliphatic carbocycles. The second-order valence-corrected chi connectivity index (χ2v) is 8.05. The molecule has 174 valence electrons. The van der Waals surface area contributed by atoms with E-state index < -0.39 is 17.8 Å². The number of amides is 4. The van der Waals surface area contributed by atoms with Crippen LogP contribution in [0.15, 0.2) is 42.0 Å². The summed E-state index contributed by atoms with van der Waals surface area (Å²) in [5, 5.41) is 2.25. The van der Waals surface area contributed by atoms with Gasteiger partial charge in [0.2, 0.25) is 0 Å². The van der Waals surface area contributed by atoms with Crippen LogP contribution in [0, 0.1) is 13.8 Å². The second kappa shape index (κ2) is 10.8. The van der Waals surface area contributed by atoms with E-state index in [9.17, 15) is 14.4 Å². The normalized spacial score (nSPS) is 15.1.